The molecule has 0 saturated carbocycles. The molecule has 0 unspecified atom stereocenters. The Morgan fingerprint density at radius 1 is 1.00 bits per heavy atom. The number of likely N-dealkylation sites (N-methyl/N-ethyl adjacent to an activating group) is 2. The number of rotatable bonds is 15. The second-order valence-corrected chi connectivity index (χ2v) is 9.23. The second kappa shape index (κ2) is 19.2. The monoisotopic (exact) mass is 524 g/mol. The van der Waals surface area contributed by atoms with Crippen LogP contribution >= 0.6 is 0 Å². The fourth-order valence-corrected chi connectivity index (χ4v) is 3.82. The summed E-state index contributed by atoms with van der Waals surface area (Å²) in [7, 11) is 2.18. The van der Waals surface area contributed by atoms with E-state index in [1.54, 1.807) is 6.08 Å². The summed E-state index contributed by atoms with van der Waals surface area (Å²) in [6, 6.07) is 0. The van der Waals surface area contributed by atoms with Gasteiger partial charge in [-0.25, -0.2) is 0 Å². The van der Waals surface area contributed by atoms with Crippen molar-refractivity contribution in [1.82, 2.24) is 24.8 Å². The highest BCUT2D eigenvalue weighted by Crippen LogP contribution is 2.17. The van der Waals surface area contributed by atoms with Gasteiger partial charge in [-0.2, -0.15) is 15.0 Å². The summed E-state index contributed by atoms with van der Waals surface area (Å²) in [5.41, 5.74) is 3.60. The van der Waals surface area contributed by atoms with E-state index in [9.17, 15) is 0 Å². The maximum Gasteiger partial charge on any atom is 0.232 e. The molecule has 0 bridgehead atoms. The third-order valence-corrected chi connectivity index (χ3v) is 6.21. The Morgan fingerprint density at radius 2 is 1.66 bits per heavy atom. The minimum Gasteiger partial charge on any atom is -0.353 e. The first-order valence-electron chi connectivity index (χ1n) is 14.1. The summed E-state index contributed by atoms with van der Waals surface area (Å²) in [5.74, 6) is 1.81. The van der Waals surface area contributed by atoms with E-state index in [0.29, 0.717) is 30.9 Å². The van der Waals surface area contributed by atoms with Crippen molar-refractivity contribution >= 4 is 17.8 Å². The Morgan fingerprint density at radius 3 is 2.21 bits per heavy atom. The molecule has 8 heteroatoms. The molecule has 0 atom stereocenters. The lowest BCUT2D eigenvalue weighted by atomic mass is 10.1. The summed E-state index contributed by atoms with van der Waals surface area (Å²) >= 11 is 0. The van der Waals surface area contributed by atoms with Crippen LogP contribution < -0.4 is 15.5 Å². The number of anilines is 3. The molecule has 1 aromatic rings. The van der Waals surface area contributed by atoms with E-state index in [2.05, 4.69) is 90.4 Å². The molecule has 8 nitrogen and oxygen atoms in total. The zero-order chi connectivity index (χ0) is 28.3. The predicted octanol–water partition coefficient (Wildman–Crippen LogP) is 5.40. The topological polar surface area (TPSA) is 72.5 Å². The van der Waals surface area contributed by atoms with Gasteiger partial charge >= 0.3 is 0 Å². The van der Waals surface area contributed by atoms with E-state index < -0.39 is 0 Å². The molecule has 0 radical (unpaired) electrons. The minimum absolute atomic E-state index is 0.560. The lowest BCUT2D eigenvalue weighted by Crippen LogP contribution is -2.45. The fourth-order valence-electron chi connectivity index (χ4n) is 3.82. The normalized spacial score (nSPS) is 14.4. The van der Waals surface area contributed by atoms with Gasteiger partial charge in [-0.05, 0) is 45.4 Å². The SMILES string of the molecule is C=C/C=C\C(CN(CC)c1nc(NCCN2CCN(C)CC2)nc(NC/C(C=C)=C/CC)n1)=C(C)C.CC. The molecule has 1 aliphatic rings. The fraction of sp³-hybridized carbons (Fsp3) is 0.567. The lowest BCUT2D eigenvalue weighted by molar-refractivity contribution is 0.158. The van der Waals surface area contributed by atoms with Gasteiger partial charge < -0.3 is 20.4 Å². The molecule has 212 valence electrons. The molecule has 1 fully saturated rings. The maximum absolute atomic E-state index is 4.80. The van der Waals surface area contributed by atoms with E-state index >= 15 is 0 Å². The van der Waals surface area contributed by atoms with Crippen LogP contribution in [0.4, 0.5) is 17.8 Å². The molecule has 2 rings (SSSR count). The molecule has 0 aliphatic carbocycles. The zero-order valence-corrected chi connectivity index (χ0v) is 25.1. The summed E-state index contributed by atoms with van der Waals surface area (Å²) in [6.07, 6.45) is 10.9. The molecule has 1 saturated heterocycles. The first-order valence-corrected chi connectivity index (χ1v) is 14.1. The Hall–Kier alpha value is -2.97. The van der Waals surface area contributed by atoms with Gasteiger partial charge in [-0.15, -0.1) is 0 Å². The van der Waals surface area contributed by atoms with Crippen LogP contribution in [0.25, 0.3) is 0 Å². The minimum atomic E-state index is 0.560. The summed E-state index contributed by atoms with van der Waals surface area (Å²) in [5, 5.41) is 6.81. The number of hydrogen-bond acceptors (Lipinski definition) is 8. The zero-order valence-electron chi connectivity index (χ0n) is 25.1. The van der Waals surface area contributed by atoms with Gasteiger partial charge in [0.25, 0.3) is 0 Å². The van der Waals surface area contributed by atoms with Gasteiger partial charge in [0.15, 0.2) is 0 Å². The molecule has 0 spiro atoms. The summed E-state index contributed by atoms with van der Waals surface area (Å²) < 4.78 is 0. The van der Waals surface area contributed by atoms with Crippen LogP contribution in [0.15, 0.2) is 60.3 Å². The second-order valence-electron chi connectivity index (χ2n) is 9.23. The van der Waals surface area contributed by atoms with Crippen LogP contribution in [-0.4, -0.2) is 90.7 Å². The van der Waals surface area contributed by atoms with Crippen molar-refractivity contribution in [3.8, 4) is 0 Å². The Kier molecular flexibility index (Phi) is 16.7. The van der Waals surface area contributed by atoms with Crippen LogP contribution in [-0.2, 0) is 0 Å². The quantitative estimate of drug-likeness (QED) is 0.296. The highest BCUT2D eigenvalue weighted by molar-refractivity contribution is 5.46. The van der Waals surface area contributed by atoms with Crippen molar-refractivity contribution in [2.45, 2.75) is 48.0 Å². The van der Waals surface area contributed by atoms with E-state index in [1.807, 2.05) is 26.0 Å². The number of nitrogens with zero attached hydrogens (tertiary/aromatic N) is 6. The molecule has 0 aromatic carbocycles. The molecule has 2 N–H and O–H groups in total. The molecule has 0 amide bonds. The number of allylic oxidation sites excluding steroid dienone is 4. The molecule has 38 heavy (non-hydrogen) atoms. The first kappa shape index (κ1) is 33.1. The van der Waals surface area contributed by atoms with Crippen molar-refractivity contribution in [1.29, 1.82) is 0 Å². The van der Waals surface area contributed by atoms with Gasteiger partial charge in [0, 0.05) is 58.9 Å². The maximum atomic E-state index is 4.80. The van der Waals surface area contributed by atoms with E-state index in [0.717, 1.165) is 57.8 Å². The molecule has 1 aliphatic heterocycles. The largest absolute Gasteiger partial charge is 0.353 e. The average Bonchev–Trinajstić information content (AvgIpc) is 2.93. The highest BCUT2D eigenvalue weighted by Gasteiger charge is 2.16. The van der Waals surface area contributed by atoms with Gasteiger partial charge in [0.1, 0.15) is 0 Å². The first-order chi connectivity index (χ1) is 18.4. The van der Waals surface area contributed by atoms with Gasteiger partial charge in [-0.3, -0.25) is 4.90 Å². The van der Waals surface area contributed by atoms with E-state index in [4.69, 9.17) is 9.97 Å². The van der Waals surface area contributed by atoms with E-state index in [-0.39, 0.29) is 0 Å². The van der Waals surface area contributed by atoms with Crippen LogP contribution in [0.3, 0.4) is 0 Å². The number of aromatic nitrogens is 3. The van der Waals surface area contributed by atoms with Crippen molar-refractivity contribution < 1.29 is 0 Å². The summed E-state index contributed by atoms with van der Waals surface area (Å²) in [4.78, 5) is 21.3. The Labute approximate surface area is 232 Å². The molecule has 2 heterocycles. The van der Waals surface area contributed by atoms with Crippen LogP contribution in [0.5, 0.6) is 0 Å². The number of nitrogens with one attached hydrogen (secondary N) is 2. The standard InChI is InChI=1S/C28H46N8.C2H6/c1-8-12-14-25(23(5)6)22-36(11-4)28-32-26(29-15-16-35-19-17-34(7)18-20-35)31-27(33-28)30-21-24(10-3)13-9-2;1-2/h8,10,12-14H,1,3,9,11,15-22H2,2,4-7H3,(H2,29,30,31,32,33);1-2H3/b14-12-,24-13+;. The van der Waals surface area contributed by atoms with Crippen LogP contribution in [0, 0.1) is 0 Å². The van der Waals surface area contributed by atoms with Crippen molar-refractivity contribution in [3.63, 3.8) is 0 Å². The van der Waals surface area contributed by atoms with Crippen LogP contribution in [0.2, 0.25) is 0 Å². The summed E-state index contributed by atoms with van der Waals surface area (Å²) in [6.45, 7) is 28.5. The van der Waals surface area contributed by atoms with Crippen molar-refractivity contribution in [2.24, 2.45) is 0 Å². The Balaban J connectivity index is 0.00000352. The molecular weight excluding hydrogens is 472 g/mol. The molecule has 1 aromatic heterocycles. The van der Waals surface area contributed by atoms with Gasteiger partial charge in [0.05, 0.1) is 0 Å². The Bertz CT molecular complexity index is 922. The third kappa shape index (κ3) is 12.0. The van der Waals surface area contributed by atoms with Crippen molar-refractivity contribution in [2.75, 3.05) is 81.5 Å². The molecular formula is C30H52N8. The van der Waals surface area contributed by atoms with Gasteiger partial charge in [0.2, 0.25) is 17.8 Å². The highest BCUT2D eigenvalue weighted by atomic mass is 15.3. The van der Waals surface area contributed by atoms with Gasteiger partial charge in [-0.1, -0.05) is 69.9 Å². The third-order valence-electron chi connectivity index (χ3n) is 6.21. The number of piperazine rings is 1. The van der Waals surface area contributed by atoms with E-state index in [1.165, 1.54) is 11.1 Å². The van der Waals surface area contributed by atoms with Crippen molar-refractivity contribution in [3.05, 3.63) is 60.3 Å². The lowest BCUT2D eigenvalue weighted by Gasteiger charge is -2.32. The predicted molar refractivity (Wildman–Crippen MR) is 166 cm³/mol. The average molecular weight is 525 g/mol. The number of hydrogen-bond donors (Lipinski definition) is 2. The smallest absolute Gasteiger partial charge is 0.232 e. The van der Waals surface area contributed by atoms with Crippen LogP contribution in [0.1, 0.15) is 48.0 Å².